The van der Waals surface area contributed by atoms with E-state index in [0.717, 1.165) is 17.7 Å². The second-order valence-corrected chi connectivity index (χ2v) is 5.14. The summed E-state index contributed by atoms with van der Waals surface area (Å²) in [6.45, 7) is 3.52. The van der Waals surface area contributed by atoms with Crippen molar-refractivity contribution in [1.29, 1.82) is 5.26 Å². The second-order valence-electron chi connectivity index (χ2n) is 4.29. The van der Waals surface area contributed by atoms with Crippen molar-refractivity contribution < 1.29 is 8.78 Å². The van der Waals surface area contributed by atoms with E-state index < -0.39 is 11.6 Å². The van der Waals surface area contributed by atoms with Crippen LogP contribution in [0.25, 0.3) is 0 Å². The first kappa shape index (κ1) is 14.4. The first-order valence-electron chi connectivity index (χ1n) is 5.72. The van der Waals surface area contributed by atoms with Gasteiger partial charge in [-0.2, -0.15) is 5.26 Å². The molecule has 0 bridgehead atoms. The zero-order valence-electron chi connectivity index (χ0n) is 10.8. The summed E-state index contributed by atoms with van der Waals surface area (Å²) in [7, 11) is 0. The first-order chi connectivity index (χ1) is 9.42. The largest absolute Gasteiger partial charge is 0.337 e. The summed E-state index contributed by atoms with van der Waals surface area (Å²) >= 11 is 2.91. The van der Waals surface area contributed by atoms with Gasteiger partial charge in [-0.3, -0.25) is 0 Å². The van der Waals surface area contributed by atoms with Gasteiger partial charge >= 0.3 is 0 Å². The van der Waals surface area contributed by atoms with Gasteiger partial charge in [0.05, 0.1) is 15.7 Å². The van der Waals surface area contributed by atoms with Gasteiger partial charge in [-0.05, 0) is 47.5 Å². The standard InChI is InChI=1S/C14H10BrF2N3/c1-7-3-8(2)19-14(9(7)6-18)20-13-5-11(16)10(15)4-12(13)17/h3-5H,1-2H3,(H,19,20). The molecule has 6 heteroatoms. The van der Waals surface area contributed by atoms with Crippen LogP contribution in [0.3, 0.4) is 0 Å². The van der Waals surface area contributed by atoms with Gasteiger partial charge in [0.1, 0.15) is 23.5 Å². The first-order valence-corrected chi connectivity index (χ1v) is 6.51. The van der Waals surface area contributed by atoms with Crippen LogP contribution in [0.2, 0.25) is 0 Å². The van der Waals surface area contributed by atoms with Crippen molar-refractivity contribution in [3.8, 4) is 6.07 Å². The lowest BCUT2D eigenvalue weighted by Gasteiger charge is -2.11. The number of aromatic nitrogens is 1. The summed E-state index contributed by atoms with van der Waals surface area (Å²) in [5, 5.41) is 11.8. The zero-order chi connectivity index (χ0) is 14.9. The Labute approximate surface area is 123 Å². The Hall–Kier alpha value is -2.00. The number of hydrogen-bond acceptors (Lipinski definition) is 3. The maximum absolute atomic E-state index is 13.8. The predicted octanol–water partition coefficient (Wildman–Crippen LogP) is 4.35. The molecular weight excluding hydrogens is 328 g/mol. The Morgan fingerprint density at radius 1 is 1.20 bits per heavy atom. The Morgan fingerprint density at radius 3 is 2.55 bits per heavy atom. The molecule has 0 amide bonds. The molecule has 0 radical (unpaired) electrons. The summed E-state index contributed by atoms with van der Waals surface area (Å²) in [5.41, 5.74) is 1.64. The van der Waals surface area contributed by atoms with Gasteiger partial charge in [0, 0.05) is 11.8 Å². The molecule has 0 saturated carbocycles. The van der Waals surface area contributed by atoms with Crippen LogP contribution in [-0.4, -0.2) is 4.98 Å². The van der Waals surface area contributed by atoms with Crippen LogP contribution >= 0.6 is 15.9 Å². The average Bonchev–Trinajstić information content (AvgIpc) is 2.35. The molecule has 0 aliphatic carbocycles. The van der Waals surface area contributed by atoms with Gasteiger partial charge in [0.15, 0.2) is 0 Å². The molecule has 2 aromatic rings. The highest BCUT2D eigenvalue weighted by atomic mass is 79.9. The third-order valence-electron chi connectivity index (χ3n) is 2.72. The van der Waals surface area contributed by atoms with E-state index in [1.54, 1.807) is 19.9 Å². The second kappa shape index (κ2) is 5.55. The van der Waals surface area contributed by atoms with Crippen LogP contribution in [-0.2, 0) is 0 Å². The van der Waals surface area contributed by atoms with Crippen LogP contribution in [0.15, 0.2) is 22.7 Å². The van der Waals surface area contributed by atoms with E-state index in [1.807, 2.05) is 6.07 Å². The lowest BCUT2D eigenvalue weighted by Crippen LogP contribution is -2.03. The van der Waals surface area contributed by atoms with Gasteiger partial charge in [-0.1, -0.05) is 0 Å². The maximum atomic E-state index is 13.8. The summed E-state index contributed by atoms with van der Waals surface area (Å²) in [4.78, 5) is 4.16. The molecule has 1 aromatic heterocycles. The third-order valence-corrected chi connectivity index (χ3v) is 3.33. The molecule has 0 saturated heterocycles. The van der Waals surface area contributed by atoms with Gasteiger partial charge < -0.3 is 5.32 Å². The van der Waals surface area contributed by atoms with E-state index in [2.05, 4.69) is 26.2 Å². The van der Waals surface area contributed by atoms with Crippen molar-refractivity contribution in [2.24, 2.45) is 0 Å². The number of pyridine rings is 1. The van der Waals surface area contributed by atoms with Crippen LogP contribution in [0, 0.1) is 36.8 Å². The Balaban J connectivity index is 2.51. The minimum Gasteiger partial charge on any atom is -0.337 e. The van der Waals surface area contributed by atoms with Crippen LogP contribution in [0.1, 0.15) is 16.8 Å². The SMILES string of the molecule is Cc1cc(C)c(C#N)c(Nc2cc(F)c(Br)cc2F)n1. The van der Waals surface area contributed by atoms with Crippen molar-refractivity contribution in [2.45, 2.75) is 13.8 Å². The van der Waals surface area contributed by atoms with Crippen molar-refractivity contribution >= 4 is 27.4 Å². The molecule has 1 N–H and O–H groups in total. The molecule has 1 aromatic carbocycles. The van der Waals surface area contributed by atoms with Crippen LogP contribution in [0.5, 0.6) is 0 Å². The van der Waals surface area contributed by atoms with Gasteiger partial charge in [0.25, 0.3) is 0 Å². The number of benzene rings is 1. The third kappa shape index (κ3) is 2.78. The molecule has 0 atom stereocenters. The lowest BCUT2D eigenvalue weighted by molar-refractivity contribution is 0.597. The fourth-order valence-corrected chi connectivity index (χ4v) is 2.13. The quantitative estimate of drug-likeness (QED) is 0.828. The number of aryl methyl sites for hydroxylation is 2. The summed E-state index contributed by atoms with van der Waals surface area (Å²) in [6.07, 6.45) is 0. The Morgan fingerprint density at radius 2 is 1.90 bits per heavy atom. The van der Waals surface area contributed by atoms with Crippen molar-refractivity contribution in [2.75, 3.05) is 5.32 Å². The minimum atomic E-state index is -0.636. The fourth-order valence-electron chi connectivity index (χ4n) is 1.81. The average molecular weight is 338 g/mol. The number of nitrogens with one attached hydrogen (secondary N) is 1. The van der Waals surface area contributed by atoms with Crippen LogP contribution in [0.4, 0.5) is 20.3 Å². The summed E-state index contributed by atoms with van der Waals surface area (Å²) < 4.78 is 27.3. The summed E-state index contributed by atoms with van der Waals surface area (Å²) in [6, 6.07) is 5.79. The van der Waals surface area contributed by atoms with E-state index in [9.17, 15) is 8.78 Å². The number of hydrogen-bond donors (Lipinski definition) is 1. The van der Waals surface area contributed by atoms with Crippen molar-refractivity contribution in [1.82, 2.24) is 4.98 Å². The van der Waals surface area contributed by atoms with Crippen molar-refractivity contribution in [3.63, 3.8) is 0 Å². The van der Waals surface area contributed by atoms with Gasteiger partial charge in [-0.15, -0.1) is 0 Å². The molecule has 0 fully saturated rings. The van der Waals surface area contributed by atoms with Crippen molar-refractivity contribution in [3.05, 3.63) is 51.1 Å². The highest BCUT2D eigenvalue weighted by molar-refractivity contribution is 9.10. The molecule has 1 heterocycles. The lowest BCUT2D eigenvalue weighted by atomic mass is 10.1. The number of rotatable bonds is 2. The molecule has 0 aliphatic rings. The van der Waals surface area contributed by atoms with E-state index in [0.29, 0.717) is 11.3 Å². The van der Waals surface area contributed by atoms with Gasteiger partial charge in [0.2, 0.25) is 0 Å². The van der Waals surface area contributed by atoms with E-state index in [-0.39, 0.29) is 16.0 Å². The number of halogens is 3. The molecule has 20 heavy (non-hydrogen) atoms. The smallest absolute Gasteiger partial charge is 0.148 e. The maximum Gasteiger partial charge on any atom is 0.148 e. The topological polar surface area (TPSA) is 48.7 Å². The van der Waals surface area contributed by atoms with Gasteiger partial charge in [-0.25, -0.2) is 13.8 Å². The number of nitriles is 1. The van der Waals surface area contributed by atoms with E-state index in [4.69, 9.17) is 5.26 Å². The molecule has 0 spiro atoms. The number of anilines is 2. The zero-order valence-corrected chi connectivity index (χ0v) is 12.3. The predicted molar refractivity (Wildman–Crippen MR) is 75.8 cm³/mol. The monoisotopic (exact) mass is 337 g/mol. The highest BCUT2D eigenvalue weighted by Crippen LogP contribution is 2.27. The Kier molecular flexibility index (Phi) is 4.00. The molecular formula is C14H10BrF2N3. The molecule has 2 rings (SSSR count). The Bertz CT molecular complexity index is 723. The van der Waals surface area contributed by atoms with E-state index >= 15 is 0 Å². The normalized spacial score (nSPS) is 10.2. The molecule has 3 nitrogen and oxygen atoms in total. The minimum absolute atomic E-state index is 0.0365. The highest BCUT2D eigenvalue weighted by Gasteiger charge is 2.13. The molecule has 0 unspecified atom stereocenters. The van der Waals surface area contributed by atoms with Crippen LogP contribution < -0.4 is 5.32 Å². The number of nitrogens with zero attached hydrogens (tertiary/aromatic N) is 2. The fraction of sp³-hybridized carbons (Fsp3) is 0.143. The molecule has 102 valence electrons. The summed E-state index contributed by atoms with van der Waals surface area (Å²) in [5.74, 6) is -1.02. The van der Waals surface area contributed by atoms with E-state index in [1.165, 1.54) is 0 Å². The molecule has 0 aliphatic heterocycles.